The average molecular weight is 390 g/mol. The van der Waals surface area contributed by atoms with Crippen LogP contribution in [-0.2, 0) is 24.3 Å². The lowest BCUT2D eigenvalue weighted by Crippen LogP contribution is -2.34. The standard InChI is InChI=1S/C19H22N2O5S/c1-14-9-10-17(11-15(14)2)27(24,25)20-12-19(23)26-13-18(22)21(3)16-7-5-4-6-8-16/h4-11,20H,12-13H2,1-3H3. The van der Waals surface area contributed by atoms with E-state index in [0.717, 1.165) is 11.1 Å². The summed E-state index contributed by atoms with van der Waals surface area (Å²) in [5.74, 6) is -1.26. The quantitative estimate of drug-likeness (QED) is 0.728. The number of ether oxygens (including phenoxy) is 1. The number of hydrogen-bond donors (Lipinski definition) is 1. The van der Waals surface area contributed by atoms with E-state index in [2.05, 4.69) is 4.72 Å². The Kier molecular flexibility index (Phi) is 6.70. The highest BCUT2D eigenvalue weighted by atomic mass is 32.2. The minimum absolute atomic E-state index is 0.0679. The molecule has 0 saturated carbocycles. The first kappa shape index (κ1) is 20.6. The Hall–Kier alpha value is -2.71. The van der Waals surface area contributed by atoms with E-state index in [1.807, 2.05) is 13.0 Å². The molecule has 0 aliphatic heterocycles. The number of anilines is 1. The summed E-state index contributed by atoms with van der Waals surface area (Å²) in [5, 5.41) is 0. The van der Waals surface area contributed by atoms with Crippen LogP contribution in [0, 0.1) is 13.8 Å². The van der Waals surface area contributed by atoms with Crippen molar-refractivity contribution in [3.05, 3.63) is 59.7 Å². The van der Waals surface area contributed by atoms with Crippen LogP contribution in [0.25, 0.3) is 0 Å². The van der Waals surface area contributed by atoms with Crippen molar-refractivity contribution < 1.29 is 22.7 Å². The maximum Gasteiger partial charge on any atom is 0.321 e. The molecule has 0 bridgehead atoms. The maximum atomic E-state index is 12.2. The summed E-state index contributed by atoms with van der Waals surface area (Å²) >= 11 is 0. The molecule has 2 rings (SSSR count). The van der Waals surface area contributed by atoms with Gasteiger partial charge in [0.15, 0.2) is 6.61 Å². The molecule has 0 unspecified atom stereocenters. The number of carbonyl (C=O) groups is 2. The summed E-state index contributed by atoms with van der Waals surface area (Å²) < 4.78 is 31.5. The second kappa shape index (κ2) is 8.79. The molecule has 7 nitrogen and oxygen atoms in total. The summed E-state index contributed by atoms with van der Waals surface area (Å²) in [4.78, 5) is 25.3. The van der Waals surface area contributed by atoms with Crippen molar-refractivity contribution in [2.24, 2.45) is 0 Å². The van der Waals surface area contributed by atoms with Gasteiger partial charge in [0.1, 0.15) is 6.54 Å². The fraction of sp³-hybridized carbons (Fsp3) is 0.263. The predicted octanol–water partition coefficient (Wildman–Crippen LogP) is 1.79. The fourth-order valence-electron chi connectivity index (χ4n) is 2.20. The van der Waals surface area contributed by atoms with Gasteiger partial charge >= 0.3 is 5.97 Å². The molecule has 1 amide bonds. The molecule has 0 aliphatic carbocycles. The second-order valence-corrected chi connectivity index (χ2v) is 7.79. The zero-order valence-electron chi connectivity index (χ0n) is 15.4. The van der Waals surface area contributed by atoms with Gasteiger partial charge in [0.25, 0.3) is 5.91 Å². The van der Waals surface area contributed by atoms with Gasteiger partial charge in [-0.05, 0) is 49.2 Å². The minimum Gasteiger partial charge on any atom is -0.455 e. The predicted molar refractivity (Wildman–Crippen MR) is 102 cm³/mol. The van der Waals surface area contributed by atoms with Gasteiger partial charge in [-0.15, -0.1) is 0 Å². The van der Waals surface area contributed by atoms with Crippen molar-refractivity contribution in [2.75, 3.05) is 25.1 Å². The third kappa shape index (κ3) is 5.63. The Bertz CT molecular complexity index is 926. The number of para-hydroxylation sites is 1. The van der Waals surface area contributed by atoms with Crippen molar-refractivity contribution in [3.63, 3.8) is 0 Å². The van der Waals surface area contributed by atoms with Crippen molar-refractivity contribution in [2.45, 2.75) is 18.7 Å². The average Bonchev–Trinajstić information content (AvgIpc) is 2.66. The first-order chi connectivity index (χ1) is 12.7. The number of nitrogens with one attached hydrogen (secondary N) is 1. The third-order valence-electron chi connectivity index (χ3n) is 4.07. The molecule has 2 aromatic carbocycles. The van der Waals surface area contributed by atoms with Crippen LogP contribution >= 0.6 is 0 Å². The Morgan fingerprint density at radius 3 is 2.33 bits per heavy atom. The van der Waals surface area contributed by atoms with Gasteiger partial charge in [0.05, 0.1) is 4.90 Å². The number of nitrogens with zero attached hydrogens (tertiary/aromatic N) is 1. The highest BCUT2D eigenvalue weighted by Crippen LogP contribution is 2.14. The summed E-state index contributed by atoms with van der Waals surface area (Å²) in [6.45, 7) is 2.64. The number of carbonyl (C=O) groups excluding carboxylic acids is 2. The van der Waals surface area contributed by atoms with Crippen molar-refractivity contribution in [1.29, 1.82) is 0 Å². The van der Waals surface area contributed by atoms with Crippen LogP contribution in [-0.4, -0.2) is 40.5 Å². The van der Waals surface area contributed by atoms with E-state index >= 15 is 0 Å². The highest BCUT2D eigenvalue weighted by Gasteiger charge is 2.18. The summed E-state index contributed by atoms with van der Waals surface area (Å²) in [6, 6.07) is 13.6. The number of hydrogen-bond acceptors (Lipinski definition) is 5. The molecule has 0 atom stereocenters. The topological polar surface area (TPSA) is 92.8 Å². The Morgan fingerprint density at radius 1 is 1.04 bits per heavy atom. The summed E-state index contributed by atoms with van der Waals surface area (Å²) in [6.07, 6.45) is 0. The molecule has 0 aliphatic rings. The van der Waals surface area contributed by atoms with E-state index in [4.69, 9.17) is 4.74 Å². The lowest BCUT2D eigenvalue weighted by atomic mass is 10.1. The largest absolute Gasteiger partial charge is 0.455 e. The van der Waals surface area contributed by atoms with E-state index in [-0.39, 0.29) is 4.90 Å². The molecule has 1 N–H and O–H groups in total. The van der Waals surface area contributed by atoms with Gasteiger partial charge < -0.3 is 9.64 Å². The number of benzene rings is 2. The van der Waals surface area contributed by atoms with Gasteiger partial charge in [-0.2, -0.15) is 4.72 Å². The van der Waals surface area contributed by atoms with Crippen LogP contribution in [0.15, 0.2) is 53.4 Å². The van der Waals surface area contributed by atoms with E-state index < -0.39 is 35.1 Å². The molecule has 27 heavy (non-hydrogen) atoms. The molecule has 144 valence electrons. The molecule has 0 saturated heterocycles. The Balaban J connectivity index is 1.86. The second-order valence-electron chi connectivity index (χ2n) is 6.02. The zero-order chi connectivity index (χ0) is 20.0. The van der Waals surface area contributed by atoms with E-state index in [1.54, 1.807) is 44.3 Å². The lowest BCUT2D eigenvalue weighted by molar-refractivity contribution is -0.146. The van der Waals surface area contributed by atoms with Crippen LogP contribution in [0.4, 0.5) is 5.69 Å². The van der Waals surface area contributed by atoms with Crippen LogP contribution in [0.3, 0.4) is 0 Å². The molecular formula is C19H22N2O5S. The van der Waals surface area contributed by atoms with Gasteiger partial charge in [-0.1, -0.05) is 24.3 Å². The SMILES string of the molecule is Cc1ccc(S(=O)(=O)NCC(=O)OCC(=O)N(C)c2ccccc2)cc1C. The molecule has 0 spiro atoms. The smallest absolute Gasteiger partial charge is 0.321 e. The van der Waals surface area contributed by atoms with Gasteiger partial charge in [0.2, 0.25) is 10.0 Å². The number of aryl methyl sites for hydroxylation is 2. The van der Waals surface area contributed by atoms with Crippen molar-refractivity contribution in [3.8, 4) is 0 Å². The third-order valence-corrected chi connectivity index (χ3v) is 5.47. The van der Waals surface area contributed by atoms with Crippen LogP contribution in [0.1, 0.15) is 11.1 Å². The van der Waals surface area contributed by atoms with Gasteiger partial charge in [0, 0.05) is 12.7 Å². The van der Waals surface area contributed by atoms with Crippen LogP contribution < -0.4 is 9.62 Å². The Morgan fingerprint density at radius 2 is 1.70 bits per heavy atom. The molecular weight excluding hydrogens is 368 g/mol. The first-order valence-corrected chi connectivity index (χ1v) is 9.73. The number of sulfonamides is 1. The normalized spacial score (nSPS) is 11.1. The van der Waals surface area contributed by atoms with Gasteiger partial charge in [-0.25, -0.2) is 8.42 Å². The molecule has 0 aromatic heterocycles. The molecule has 8 heteroatoms. The monoisotopic (exact) mass is 390 g/mol. The highest BCUT2D eigenvalue weighted by molar-refractivity contribution is 7.89. The fourth-order valence-corrected chi connectivity index (χ4v) is 3.26. The first-order valence-electron chi connectivity index (χ1n) is 8.25. The zero-order valence-corrected chi connectivity index (χ0v) is 16.2. The van der Waals surface area contributed by atoms with Crippen LogP contribution in [0.2, 0.25) is 0 Å². The summed E-state index contributed by atoms with van der Waals surface area (Å²) in [7, 11) is -2.28. The molecule has 2 aromatic rings. The number of esters is 1. The molecule has 0 fully saturated rings. The minimum atomic E-state index is -3.84. The van der Waals surface area contributed by atoms with Crippen molar-refractivity contribution in [1.82, 2.24) is 4.72 Å². The lowest BCUT2D eigenvalue weighted by Gasteiger charge is -2.17. The Labute approximate surface area is 159 Å². The van der Waals surface area contributed by atoms with E-state index in [9.17, 15) is 18.0 Å². The number of amides is 1. The van der Waals surface area contributed by atoms with E-state index in [0.29, 0.717) is 5.69 Å². The van der Waals surface area contributed by atoms with Crippen LogP contribution in [0.5, 0.6) is 0 Å². The van der Waals surface area contributed by atoms with Crippen molar-refractivity contribution >= 4 is 27.6 Å². The number of rotatable bonds is 7. The molecule has 0 heterocycles. The maximum absolute atomic E-state index is 12.2. The summed E-state index contributed by atoms with van der Waals surface area (Å²) in [5.41, 5.74) is 2.46. The molecule has 0 radical (unpaired) electrons. The number of likely N-dealkylation sites (N-methyl/N-ethyl adjacent to an activating group) is 1. The van der Waals surface area contributed by atoms with Gasteiger partial charge in [-0.3, -0.25) is 9.59 Å². The van der Waals surface area contributed by atoms with E-state index in [1.165, 1.54) is 17.0 Å².